The fourth-order valence-electron chi connectivity index (χ4n) is 2.91. The fraction of sp³-hybridized carbons (Fsp3) is 0.167. The quantitative estimate of drug-likeness (QED) is 0.571. The Kier molecular flexibility index (Phi) is 3.58. The number of rotatable bonds is 3. The molecule has 0 N–H and O–H groups in total. The zero-order valence-corrected chi connectivity index (χ0v) is 13.9. The number of hydrogen-bond donors (Lipinski definition) is 0. The minimum atomic E-state index is -0.0349. The number of aromatic nitrogens is 4. The molecule has 0 aliphatic heterocycles. The third-order valence-corrected chi connectivity index (χ3v) is 4.34. The lowest BCUT2D eigenvalue weighted by atomic mass is 10.1. The molecule has 0 atom stereocenters. The average molecular weight is 339 g/mol. The maximum Gasteiger partial charge on any atom is 0.261 e. The molecule has 0 bridgehead atoms. The summed E-state index contributed by atoms with van der Waals surface area (Å²) in [5.74, 6) is 0. The second kappa shape index (κ2) is 5.76. The van der Waals surface area contributed by atoms with E-state index in [1.165, 1.54) is 0 Å². The van der Waals surface area contributed by atoms with Gasteiger partial charge in [0.2, 0.25) is 0 Å². The van der Waals surface area contributed by atoms with Crippen molar-refractivity contribution in [3.05, 3.63) is 64.3 Å². The molecular formula is C18H15ClN4O. The molecule has 0 unspecified atom stereocenters. The van der Waals surface area contributed by atoms with Crippen molar-refractivity contribution in [1.29, 1.82) is 0 Å². The van der Waals surface area contributed by atoms with E-state index in [4.69, 9.17) is 11.6 Å². The van der Waals surface area contributed by atoms with Gasteiger partial charge in [-0.25, -0.2) is 9.50 Å². The van der Waals surface area contributed by atoms with Gasteiger partial charge < -0.3 is 4.57 Å². The zero-order valence-electron chi connectivity index (χ0n) is 13.1. The molecule has 0 amide bonds. The molecule has 24 heavy (non-hydrogen) atoms. The number of fused-ring (bicyclic) bond motifs is 3. The van der Waals surface area contributed by atoms with Crippen LogP contribution in [0.4, 0.5) is 0 Å². The van der Waals surface area contributed by atoms with E-state index in [1.807, 2.05) is 43.5 Å². The van der Waals surface area contributed by atoms with Gasteiger partial charge in [-0.05, 0) is 30.2 Å². The van der Waals surface area contributed by atoms with Crippen LogP contribution >= 0.6 is 11.6 Å². The lowest BCUT2D eigenvalue weighted by Crippen LogP contribution is -2.20. The topological polar surface area (TPSA) is 52.2 Å². The summed E-state index contributed by atoms with van der Waals surface area (Å²) in [7, 11) is 0. The largest absolute Gasteiger partial charge is 0.315 e. The first kappa shape index (κ1) is 14.9. The van der Waals surface area contributed by atoms with Gasteiger partial charge in [0.05, 0.1) is 17.1 Å². The molecule has 0 saturated heterocycles. The van der Waals surface area contributed by atoms with Gasteiger partial charge in [0.25, 0.3) is 5.56 Å². The second-order valence-corrected chi connectivity index (χ2v) is 6.11. The van der Waals surface area contributed by atoms with Crippen LogP contribution < -0.4 is 5.56 Å². The summed E-state index contributed by atoms with van der Waals surface area (Å²) in [5, 5.41) is 5.69. The van der Waals surface area contributed by atoms with Crippen LogP contribution in [-0.2, 0) is 6.54 Å². The minimum absolute atomic E-state index is 0.0349. The molecule has 0 saturated carbocycles. The number of pyridine rings is 1. The van der Waals surface area contributed by atoms with Crippen LogP contribution in [0.5, 0.6) is 0 Å². The zero-order chi connectivity index (χ0) is 16.7. The van der Waals surface area contributed by atoms with Crippen molar-refractivity contribution in [1.82, 2.24) is 19.2 Å². The van der Waals surface area contributed by atoms with Crippen LogP contribution in [0.15, 0.2) is 53.7 Å². The maximum atomic E-state index is 12.5. The van der Waals surface area contributed by atoms with E-state index >= 15 is 0 Å². The van der Waals surface area contributed by atoms with Gasteiger partial charge in [0, 0.05) is 29.5 Å². The van der Waals surface area contributed by atoms with Crippen molar-refractivity contribution >= 4 is 28.2 Å². The van der Waals surface area contributed by atoms with Crippen molar-refractivity contribution < 1.29 is 0 Å². The van der Waals surface area contributed by atoms with E-state index in [0.717, 1.165) is 28.7 Å². The molecule has 6 heteroatoms. The Labute approximate surface area is 143 Å². The molecule has 1 aromatic carbocycles. The van der Waals surface area contributed by atoms with E-state index < -0.39 is 0 Å². The van der Waals surface area contributed by atoms with E-state index in [2.05, 4.69) is 10.1 Å². The molecule has 3 heterocycles. The van der Waals surface area contributed by atoms with Crippen LogP contribution in [0, 0.1) is 0 Å². The van der Waals surface area contributed by atoms with Gasteiger partial charge in [0.15, 0.2) is 5.65 Å². The summed E-state index contributed by atoms with van der Waals surface area (Å²) in [4.78, 5) is 17.0. The maximum absolute atomic E-state index is 12.5. The van der Waals surface area contributed by atoms with Gasteiger partial charge in [-0.1, -0.05) is 30.7 Å². The van der Waals surface area contributed by atoms with Gasteiger partial charge in [-0.2, -0.15) is 5.10 Å². The number of nitrogens with zero attached hydrogens (tertiary/aromatic N) is 4. The number of halogens is 1. The minimum Gasteiger partial charge on any atom is -0.315 e. The molecule has 0 fully saturated rings. The number of aryl methyl sites for hydroxylation is 1. The third kappa shape index (κ3) is 2.29. The predicted molar refractivity (Wildman–Crippen MR) is 95.5 cm³/mol. The lowest BCUT2D eigenvalue weighted by Gasteiger charge is -2.06. The first-order valence-corrected chi connectivity index (χ1v) is 8.18. The molecule has 3 aromatic heterocycles. The number of benzene rings is 1. The number of hydrogen-bond acceptors (Lipinski definition) is 3. The fourth-order valence-corrected chi connectivity index (χ4v) is 3.03. The highest BCUT2D eigenvalue weighted by Crippen LogP contribution is 2.26. The summed E-state index contributed by atoms with van der Waals surface area (Å²) >= 11 is 5.95. The summed E-state index contributed by atoms with van der Waals surface area (Å²) in [5.41, 5.74) is 3.34. The Morgan fingerprint density at radius 3 is 2.67 bits per heavy atom. The molecule has 0 aliphatic rings. The van der Waals surface area contributed by atoms with Crippen molar-refractivity contribution in [3.63, 3.8) is 0 Å². The van der Waals surface area contributed by atoms with E-state index in [1.54, 1.807) is 21.5 Å². The molecule has 0 spiro atoms. The first-order chi connectivity index (χ1) is 11.7. The highest BCUT2D eigenvalue weighted by Gasteiger charge is 2.12. The Bertz CT molecular complexity index is 1100. The SMILES string of the molecule is CCCn1ccc2c(cnc3c(-c4ccc(Cl)cc4)cnn32)c1=O. The van der Waals surface area contributed by atoms with Crippen LogP contribution in [0.2, 0.25) is 5.02 Å². The molecule has 4 aromatic rings. The average Bonchev–Trinajstić information content (AvgIpc) is 3.02. The highest BCUT2D eigenvalue weighted by molar-refractivity contribution is 6.30. The molecule has 4 rings (SSSR count). The first-order valence-electron chi connectivity index (χ1n) is 7.81. The van der Waals surface area contributed by atoms with Crippen molar-refractivity contribution in [2.75, 3.05) is 0 Å². The highest BCUT2D eigenvalue weighted by atomic mass is 35.5. The lowest BCUT2D eigenvalue weighted by molar-refractivity contribution is 0.658. The van der Waals surface area contributed by atoms with Gasteiger partial charge in [-0.15, -0.1) is 0 Å². The molecule has 0 radical (unpaired) electrons. The van der Waals surface area contributed by atoms with Crippen molar-refractivity contribution in [2.24, 2.45) is 0 Å². The van der Waals surface area contributed by atoms with Crippen LogP contribution in [0.1, 0.15) is 13.3 Å². The predicted octanol–water partition coefficient (Wildman–Crippen LogP) is 3.77. The summed E-state index contributed by atoms with van der Waals surface area (Å²) < 4.78 is 3.43. The third-order valence-electron chi connectivity index (χ3n) is 4.09. The van der Waals surface area contributed by atoms with Gasteiger partial charge in [0.1, 0.15) is 0 Å². The molecule has 5 nitrogen and oxygen atoms in total. The Morgan fingerprint density at radius 2 is 1.92 bits per heavy atom. The summed E-state index contributed by atoms with van der Waals surface area (Å²) in [6.07, 6.45) is 6.13. The normalized spacial score (nSPS) is 11.4. The van der Waals surface area contributed by atoms with Crippen LogP contribution in [0.3, 0.4) is 0 Å². The van der Waals surface area contributed by atoms with Crippen molar-refractivity contribution in [2.45, 2.75) is 19.9 Å². The Hall–Kier alpha value is -2.66. The molecule has 120 valence electrons. The summed E-state index contributed by atoms with van der Waals surface area (Å²) in [6.45, 7) is 2.74. The monoisotopic (exact) mass is 338 g/mol. The van der Waals surface area contributed by atoms with Crippen LogP contribution in [-0.4, -0.2) is 19.2 Å². The smallest absolute Gasteiger partial charge is 0.261 e. The summed E-state index contributed by atoms with van der Waals surface area (Å²) in [6, 6.07) is 9.46. The second-order valence-electron chi connectivity index (χ2n) is 5.67. The van der Waals surface area contributed by atoms with E-state index in [9.17, 15) is 4.79 Å². The van der Waals surface area contributed by atoms with E-state index in [0.29, 0.717) is 17.0 Å². The molecule has 0 aliphatic carbocycles. The van der Waals surface area contributed by atoms with Gasteiger partial charge >= 0.3 is 0 Å². The van der Waals surface area contributed by atoms with Crippen molar-refractivity contribution in [3.8, 4) is 11.1 Å². The van der Waals surface area contributed by atoms with Gasteiger partial charge in [-0.3, -0.25) is 4.79 Å². The van der Waals surface area contributed by atoms with Crippen LogP contribution in [0.25, 0.3) is 27.7 Å². The standard InChI is InChI=1S/C18H15ClN4O/c1-2-8-22-9-7-16-15(18(22)24)10-20-17-14(11-21-23(16)17)12-3-5-13(19)6-4-12/h3-7,9-11H,2,8H2,1H3. The Morgan fingerprint density at radius 1 is 1.12 bits per heavy atom. The van der Waals surface area contributed by atoms with E-state index in [-0.39, 0.29) is 5.56 Å². The molecular weight excluding hydrogens is 324 g/mol. The Balaban J connectivity index is 1.96.